The van der Waals surface area contributed by atoms with Crippen molar-refractivity contribution in [2.75, 3.05) is 0 Å². The molecule has 1 aromatic rings. The van der Waals surface area contributed by atoms with Crippen LogP contribution in [0.15, 0.2) is 10.9 Å². The van der Waals surface area contributed by atoms with E-state index < -0.39 is 5.41 Å². The van der Waals surface area contributed by atoms with E-state index in [1.54, 1.807) is 13.8 Å². The molecule has 0 atom stereocenters. The van der Waals surface area contributed by atoms with Crippen molar-refractivity contribution in [3.63, 3.8) is 0 Å². The summed E-state index contributed by atoms with van der Waals surface area (Å²) >= 11 is 4.79. The molecule has 0 aliphatic carbocycles. The summed E-state index contributed by atoms with van der Waals surface area (Å²) in [6.07, 6.45) is 1.19. The van der Waals surface area contributed by atoms with Crippen LogP contribution in [0.3, 0.4) is 0 Å². The average molecular weight is 228 g/mol. The third-order valence-electron chi connectivity index (χ3n) is 2.00. The minimum Gasteiger partial charge on any atom is -0.392 e. The second-order valence-electron chi connectivity index (χ2n) is 3.52. The Balaban J connectivity index is 2.53. The smallest absolute Gasteiger partial charge is 0.232 e. The first kappa shape index (κ1) is 11.6. The first-order valence-electron chi connectivity index (χ1n) is 4.28. The molecule has 1 amide bonds. The normalized spacial score (nSPS) is 11.1. The molecular formula is C8H12N4O2S. The topological polar surface area (TPSA) is 94.0 Å². The number of hydrogen-bond acceptors (Lipinski definition) is 5. The second kappa shape index (κ2) is 4.35. The second-order valence-corrected chi connectivity index (χ2v) is 3.96. The van der Waals surface area contributed by atoms with E-state index in [4.69, 9.17) is 18.0 Å². The molecule has 0 aromatic carbocycles. The van der Waals surface area contributed by atoms with Gasteiger partial charge in [-0.15, -0.1) is 0 Å². The van der Waals surface area contributed by atoms with Gasteiger partial charge in [-0.25, -0.2) is 0 Å². The van der Waals surface area contributed by atoms with E-state index >= 15 is 0 Å². The van der Waals surface area contributed by atoms with E-state index in [2.05, 4.69) is 20.0 Å². The van der Waals surface area contributed by atoms with Gasteiger partial charge in [-0.1, -0.05) is 17.4 Å². The molecule has 0 radical (unpaired) electrons. The van der Waals surface area contributed by atoms with Crippen LogP contribution in [-0.2, 0) is 11.3 Å². The van der Waals surface area contributed by atoms with Crippen molar-refractivity contribution < 1.29 is 9.32 Å². The van der Waals surface area contributed by atoms with E-state index in [0.29, 0.717) is 5.82 Å². The fourth-order valence-electron chi connectivity index (χ4n) is 0.763. The SMILES string of the molecule is CC(C)(C(=O)NCc1ncon1)C(N)=S. The summed E-state index contributed by atoms with van der Waals surface area (Å²) in [4.78, 5) is 15.5. The lowest BCUT2D eigenvalue weighted by atomic mass is 9.92. The molecule has 15 heavy (non-hydrogen) atoms. The summed E-state index contributed by atoms with van der Waals surface area (Å²) in [5.41, 5.74) is 4.57. The summed E-state index contributed by atoms with van der Waals surface area (Å²) in [6, 6.07) is 0. The molecule has 0 unspecified atom stereocenters. The molecule has 1 rings (SSSR count). The highest BCUT2D eigenvalue weighted by Gasteiger charge is 2.30. The van der Waals surface area contributed by atoms with Gasteiger partial charge in [0.2, 0.25) is 12.3 Å². The fraction of sp³-hybridized carbons (Fsp3) is 0.500. The minimum absolute atomic E-state index is 0.146. The number of amides is 1. The zero-order chi connectivity index (χ0) is 11.5. The lowest BCUT2D eigenvalue weighted by molar-refractivity contribution is -0.126. The first-order valence-corrected chi connectivity index (χ1v) is 4.69. The summed E-state index contributed by atoms with van der Waals surface area (Å²) in [6.45, 7) is 3.50. The van der Waals surface area contributed by atoms with Crippen LogP contribution in [-0.4, -0.2) is 21.0 Å². The Morgan fingerprint density at radius 1 is 1.73 bits per heavy atom. The van der Waals surface area contributed by atoms with Crippen molar-refractivity contribution in [1.82, 2.24) is 15.5 Å². The highest BCUT2D eigenvalue weighted by atomic mass is 32.1. The van der Waals surface area contributed by atoms with Gasteiger partial charge < -0.3 is 15.6 Å². The fourth-order valence-corrected chi connectivity index (χ4v) is 0.855. The van der Waals surface area contributed by atoms with Crippen LogP contribution in [0.5, 0.6) is 0 Å². The number of thiocarbonyl (C=S) groups is 1. The number of aromatic nitrogens is 2. The molecule has 7 heteroatoms. The maximum absolute atomic E-state index is 11.6. The summed E-state index contributed by atoms with van der Waals surface area (Å²) in [5, 5.41) is 6.17. The Morgan fingerprint density at radius 2 is 2.40 bits per heavy atom. The van der Waals surface area contributed by atoms with Gasteiger partial charge in [0.05, 0.1) is 16.9 Å². The summed E-state index contributed by atoms with van der Waals surface area (Å²) in [5.74, 6) is 0.141. The summed E-state index contributed by atoms with van der Waals surface area (Å²) < 4.78 is 4.52. The number of nitrogens with zero attached hydrogens (tertiary/aromatic N) is 2. The molecule has 0 saturated carbocycles. The highest BCUT2D eigenvalue weighted by Crippen LogP contribution is 2.15. The quantitative estimate of drug-likeness (QED) is 0.704. The lowest BCUT2D eigenvalue weighted by Gasteiger charge is -2.21. The van der Waals surface area contributed by atoms with Crippen LogP contribution in [0.4, 0.5) is 0 Å². The van der Waals surface area contributed by atoms with Crippen molar-refractivity contribution in [1.29, 1.82) is 0 Å². The molecule has 0 bridgehead atoms. The standard InChI is InChI=1S/C8H12N4O2S/c1-8(2,6(9)15)7(13)10-3-5-11-4-14-12-5/h4H,3H2,1-2H3,(H2,9,15)(H,10,13). The van der Waals surface area contributed by atoms with E-state index in [0.717, 1.165) is 0 Å². The van der Waals surface area contributed by atoms with Crippen molar-refractivity contribution in [3.8, 4) is 0 Å². The molecule has 6 nitrogen and oxygen atoms in total. The summed E-state index contributed by atoms with van der Waals surface area (Å²) in [7, 11) is 0. The Bertz CT molecular complexity index is 361. The third kappa shape index (κ3) is 2.72. The highest BCUT2D eigenvalue weighted by molar-refractivity contribution is 7.80. The van der Waals surface area contributed by atoms with E-state index in [9.17, 15) is 4.79 Å². The average Bonchev–Trinajstić information content (AvgIpc) is 2.66. The van der Waals surface area contributed by atoms with Gasteiger partial charge in [0, 0.05) is 0 Å². The predicted octanol–water partition coefficient (Wildman–Crippen LogP) is -0.00190. The van der Waals surface area contributed by atoms with Crippen LogP contribution < -0.4 is 11.1 Å². The minimum atomic E-state index is -0.876. The molecule has 0 saturated heterocycles. The number of nitrogens with one attached hydrogen (secondary N) is 1. The van der Waals surface area contributed by atoms with E-state index in [-0.39, 0.29) is 17.4 Å². The van der Waals surface area contributed by atoms with Crippen molar-refractivity contribution >= 4 is 23.1 Å². The maximum atomic E-state index is 11.6. The number of nitrogens with two attached hydrogens (primary N) is 1. The van der Waals surface area contributed by atoms with Gasteiger partial charge in [-0.3, -0.25) is 4.79 Å². The van der Waals surface area contributed by atoms with Crippen molar-refractivity contribution in [3.05, 3.63) is 12.2 Å². The zero-order valence-corrected chi connectivity index (χ0v) is 9.30. The molecule has 0 aliphatic rings. The Kier molecular flexibility index (Phi) is 3.35. The van der Waals surface area contributed by atoms with Gasteiger partial charge in [-0.05, 0) is 13.8 Å². The van der Waals surface area contributed by atoms with Crippen LogP contribution in [0, 0.1) is 5.41 Å². The largest absolute Gasteiger partial charge is 0.392 e. The zero-order valence-electron chi connectivity index (χ0n) is 8.48. The van der Waals surface area contributed by atoms with Crippen LogP contribution in [0.25, 0.3) is 0 Å². The molecule has 0 fully saturated rings. The number of carbonyl (C=O) groups excluding carboxylic acids is 1. The maximum Gasteiger partial charge on any atom is 0.232 e. The molecule has 1 heterocycles. The molecule has 82 valence electrons. The number of rotatable bonds is 4. The first-order chi connectivity index (χ1) is 6.94. The van der Waals surface area contributed by atoms with Gasteiger partial charge in [-0.2, -0.15) is 4.98 Å². The van der Waals surface area contributed by atoms with Crippen molar-refractivity contribution in [2.24, 2.45) is 11.1 Å². The van der Waals surface area contributed by atoms with E-state index in [1.807, 2.05) is 0 Å². The monoisotopic (exact) mass is 228 g/mol. The lowest BCUT2D eigenvalue weighted by Crippen LogP contribution is -2.44. The van der Waals surface area contributed by atoms with Crippen LogP contribution in [0.1, 0.15) is 19.7 Å². The van der Waals surface area contributed by atoms with Gasteiger partial charge >= 0.3 is 0 Å². The van der Waals surface area contributed by atoms with Crippen LogP contribution in [0.2, 0.25) is 0 Å². The Morgan fingerprint density at radius 3 is 2.87 bits per heavy atom. The molecule has 0 aliphatic heterocycles. The molecule has 0 spiro atoms. The number of carbonyl (C=O) groups is 1. The molecule has 1 aromatic heterocycles. The van der Waals surface area contributed by atoms with Gasteiger partial charge in [0.25, 0.3) is 0 Å². The van der Waals surface area contributed by atoms with Gasteiger partial charge in [0.15, 0.2) is 5.82 Å². The predicted molar refractivity (Wildman–Crippen MR) is 56.7 cm³/mol. The van der Waals surface area contributed by atoms with Crippen molar-refractivity contribution in [2.45, 2.75) is 20.4 Å². The third-order valence-corrected chi connectivity index (χ3v) is 2.51. The Labute approximate surface area is 92.2 Å². The van der Waals surface area contributed by atoms with Gasteiger partial charge in [0.1, 0.15) is 0 Å². The van der Waals surface area contributed by atoms with E-state index in [1.165, 1.54) is 6.39 Å². The molecular weight excluding hydrogens is 216 g/mol. The molecule has 3 N–H and O–H groups in total. The number of hydrogen-bond donors (Lipinski definition) is 2. The Hall–Kier alpha value is -1.50. The van der Waals surface area contributed by atoms with Crippen LogP contribution >= 0.6 is 12.2 Å².